The van der Waals surface area contributed by atoms with Crippen molar-refractivity contribution in [2.45, 2.75) is 44.4 Å². The number of carboxylic acid groups (broad SMARTS) is 1. The topological polar surface area (TPSA) is 191 Å². The monoisotopic (exact) mass is 408 g/mol. The van der Waals surface area contributed by atoms with Gasteiger partial charge in [-0.05, 0) is 12.3 Å². The van der Waals surface area contributed by atoms with Crippen molar-refractivity contribution in [1.82, 2.24) is 16.0 Å². The quantitative estimate of drug-likeness (QED) is 0.155. The van der Waals surface area contributed by atoms with Crippen LogP contribution in [-0.2, 0) is 19.2 Å². The van der Waals surface area contributed by atoms with Crippen molar-refractivity contribution in [2.24, 2.45) is 11.7 Å². The zero-order chi connectivity index (χ0) is 21.1. The molecule has 0 aromatic heterocycles. The summed E-state index contributed by atoms with van der Waals surface area (Å²) in [6, 6.07) is -4.98. The van der Waals surface area contributed by atoms with Gasteiger partial charge in [0.25, 0.3) is 0 Å². The Morgan fingerprint density at radius 1 is 0.889 bits per heavy atom. The Morgan fingerprint density at radius 3 is 1.78 bits per heavy atom. The van der Waals surface area contributed by atoms with E-state index in [1.165, 1.54) is 0 Å². The Balaban J connectivity index is 5.14. The van der Waals surface area contributed by atoms with Gasteiger partial charge >= 0.3 is 5.97 Å². The molecule has 0 radical (unpaired) electrons. The van der Waals surface area contributed by atoms with Crippen molar-refractivity contribution in [2.75, 3.05) is 19.0 Å². The number of thiol groups is 1. The van der Waals surface area contributed by atoms with E-state index in [0.29, 0.717) is 0 Å². The Labute approximate surface area is 162 Å². The molecule has 0 fully saturated rings. The summed E-state index contributed by atoms with van der Waals surface area (Å²) in [4.78, 5) is 47.4. The number of aliphatic hydroxyl groups is 2. The molecule has 0 spiro atoms. The minimum absolute atomic E-state index is 0.0229. The highest BCUT2D eigenvalue weighted by Crippen LogP contribution is 2.06. The smallest absolute Gasteiger partial charge is 0.327 e. The highest BCUT2D eigenvalue weighted by Gasteiger charge is 2.30. The molecule has 0 aliphatic heterocycles. The van der Waals surface area contributed by atoms with Crippen LogP contribution in [0.25, 0.3) is 0 Å². The van der Waals surface area contributed by atoms with Crippen LogP contribution in [0.3, 0.4) is 0 Å². The molecule has 0 aromatic rings. The van der Waals surface area contributed by atoms with E-state index >= 15 is 0 Å². The third kappa shape index (κ3) is 9.04. The molecule has 12 heteroatoms. The largest absolute Gasteiger partial charge is 0.480 e. The average Bonchev–Trinajstić information content (AvgIpc) is 2.61. The molecule has 8 N–H and O–H groups in total. The first-order valence-corrected chi connectivity index (χ1v) is 8.92. The lowest BCUT2D eigenvalue weighted by Crippen LogP contribution is -2.58. The van der Waals surface area contributed by atoms with Crippen LogP contribution in [0, 0.1) is 5.92 Å². The number of nitrogens with one attached hydrogen (secondary N) is 3. The summed E-state index contributed by atoms with van der Waals surface area (Å²) >= 11 is 3.86. The second-order valence-corrected chi connectivity index (χ2v) is 6.67. The number of carboxylic acids is 1. The van der Waals surface area contributed by atoms with Gasteiger partial charge in [-0.2, -0.15) is 12.6 Å². The molecular formula is C15H28N4O7S. The lowest BCUT2D eigenvalue weighted by Gasteiger charge is -2.25. The second-order valence-electron chi connectivity index (χ2n) is 6.31. The van der Waals surface area contributed by atoms with Crippen molar-refractivity contribution in [3.05, 3.63) is 0 Å². The van der Waals surface area contributed by atoms with Crippen molar-refractivity contribution < 1.29 is 34.5 Å². The molecule has 0 heterocycles. The number of aliphatic carboxylic acids is 1. The number of hydrogen-bond donors (Lipinski definition) is 8. The molecule has 0 aliphatic rings. The Hall–Kier alpha value is -1.89. The van der Waals surface area contributed by atoms with Crippen LogP contribution in [0.1, 0.15) is 20.3 Å². The van der Waals surface area contributed by atoms with Gasteiger partial charge in [-0.25, -0.2) is 4.79 Å². The third-order valence-electron chi connectivity index (χ3n) is 3.49. The number of amides is 3. The number of nitrogens with two attached hydrogens (primary N) is 1. The van der Waals surface area contributed by atoms with Gasteiger partial charge in [-0.1, -0.05) is 13.8 Å². The minimum atomic E-state index is -1.39. The van der Waals surface area contributed by atoms with Gasteiger partial charge in [0.2, 0.25) is 17.7 Å². The number of carbonyl (C=O) groups excluding carboxylic acids is 3. The molecule has 0 rings (SSSR count). The van der Waals surface area contributed by atoms with Crippen LogP contribution in [0.4, 0.5) is 0 Å². The maximum atomic E-state index is 12.3. The van der Waals surface area contributed by atoms with Gasteiger partial charge in [0.15, 0.2) is 0 Å². The Kier molecular flexibility index (Phi) is 11.6. The second kappa shape index (κ2) is 12.5. The lowest BCUT2D eigenvalue weighted by molar-refractivity contribution is -0.141. The van der Waals surface area contributed by atoms with Crippen LogP contribution >= 0.6 is 12.6 Å². The molecule has 156 valence electrons. The summed E-state index contributed by atoms with van der Waals surface area (Å²) in [6.07, 6.45) is 0.193. The number of carbonyl (C=O) groups is 4. The van der Waals surface area contributed by atoms with Crippen molar-refractivity contribution in [3.8, 4) is 0 Å². The van der Waals surface area contributed by atoms with Crippen LogP contribution in [-0.4, -0.2) is 82.1 Å². The molecule has 4 atom stereocenters. The number of hydrogen-bond acceptors (Lipinski definition) is 8. The predicted octanol–water partition coefficient (Wildman–Crippen LogP) is -3.19. The number of rotatable bonds is 12. The minimum Gasteiger partial charge on any atom is -0.480 e. The highest BCUT2D eigenvalue weighted by molar-refractivity contribution is 7.80. The van der Waals surface area contributed by atoms with E-state index in [1.807, 2.05) is 0 Å². The first kappa shape index (κ1) is 25.1. The maximum Gasteiger partial charge on any atom is 0.327 e. The third-order valence-corrected chi connectivity index (χ3v) is 3.85. The fraction of sp³-hybridized carbons (Fsp3) is 0.733. The van der Waals surface area contributed by atoms with Crippen LogP contribution < -0.4 is 21.7 Å². The van der Waals surface area contributed by atoms with E-state index in [9.17, 15) is 24.3 Å². The maximum absolute atomic E-state index is 12.3. The molecule has 0 bridgehead atoms. The van der Waals surface area contributed by atoms with E-state index in [0.717, 1.165) is 0 Å². The van der Waals surface area contributed by atoms with E-state index in [-0.39, 0.29) is 18.1 Å². The standard InChI is InChI=1S/C15H28N4O7S/c1-7(2)3-9(13(23)19-11(6-27)15(25)26)17-14(24)10(5-21)18-12(22)8(16)4-20/h7-11,20-21,27H,3-6,16H2,1-2H3,(H,17,24)(H,18,22)(H,19,23)(H,25,26). The van der Waals surface area contributed by atoms with E-state index in [4.69, 9.17) is 15.9 Å². The van der Waals surface area contributed by atoms with E-state index < -0.39 is 61.1 Å². The van der Waals surface area contributed by atoms with Gasteiger partial charge in [0.05, 0.1) is 13.2 Å². The molecule has 0 aliphatic carbocycles. The molecule has 3 amide bonds. The van der Waals surface area contributed by atoms with Crippen molar-refractivity contribution in [1.29, 1.82) is 0 Å². The normalized spacial score (nSPS) is 15.4. The predicted molar refractivity (Wildman–Crippen MR) is 98.9 cm³/mol. The molecule has 4 unspecified atom stereocenters. The van der Waals surface area contributed by atoms with Gasteiger partial charge in [-0.15, -0.1) is 0 Å². The highest BCUT2D eigenvalue weighted by atomic mass is 32.1. The van der Waals surface area contributed by atoms with E-state index in [1.54, 1.807) is 13.8 Å². The average molecular weight is 408 g/mol. The van der Waals surface area contributed by atoms with E-state index in [2.05, 4.69) is 28.6 Å². The van der Waals surface area contributed by atoms with Crippen LogP contribution in [0.2, 0.25) is 0 Å². The SMILES string of the molecule is CC(C)CC(NC(=O)C(CO)NC(=O)C(N)CO)C(=O)NC(CS)C(=O)O. The first-order chi connectivity index (χ1) is 12.6. The fourth-order valence-electron chi connectivity index (χ4n) is 1.99. The lowest BCUT2D eigenvalue weighted by atomic mass is 10.0. The molecular weight excluding hydrogens is 380 g/mol. The summed E-state index contributed by atoms with van der Waals surface area (Å²) < 4.78 is 0. The van der Waals surface area contributed by atoms with Gasteiger partial charge < -0.3 is 37.0 Å². The first-order valence-electron chi connectivity index (χ1n) is 8.29. The number of aliphatic hydroxyl groups excluding tert-OH is 2. The molecule has 0 saturated heterocycles. The summed E-state index contributed by atoms with van der Waals surface area (Å²) in [6.45, 7) is 2.18. The van der Waals surface area contributed by atoms with Gasteiger partial charge in [0.1, 0.15) is 24.2 Å². The zero-order valence-corrected chi connectivity index (χ0v) is 16.1. The molecule has 11 nitrogen and oxygen atoms in total. The molecule has 0 saturated carbocycles. The fourth-order valence-corrected chi connectivity index (χ4v) is 2.24. The Bertz CT molecular complexity index is 532. The summed E-state index contributed by atoms with van der Waals surface area (Å²) in [5, 5.41) is 34.0. The summed E-state index contributed by atoms with van der Waals surface area (Å²) in [7, 11) is 0. The summed E-state index contributed by atoms with van der Waals surface area (Å²) in [5.41, 5.74) is 5.33. The van der Waals surface area contributed by atoms with Gasteiger partial charge in [0, 0.05) is 5.75 Å². The van der Waals surface area contributed by atoms with Crippen LogP contribution in [0.5, 0.6) is 0 Å². The van der Waals surface area contributed by atoms with Crippen LogP contribution in [0.15, 0.2) is 0 Å². The van der Waals surface area contributed by atoms with Crippen molar-refractivity contribution in [3.63, 3.8) is 0 Å². The molecule has 0 aromatic carbocycles. The zero-order valence-electron chi connectivity index (χ0n) is 15.2. The molecule has 27 heavy (non-hydrogen) atoms. The van der Waals surface area contributed by atoms with Gasteiger partial charge in [-0.3, -0.25) is 14.4 Å². The van der Waals surface area contributed by atoms with Crippen molar-refractivity contribution >= 4 is 36.3 Å². The Morgan fingerprint density at radius 2 is 1.37 bits per heavy atom. The summed E-state index contributed by atoms with van der Waals surface area (Å²) in [5.74, 6) is -3.87.